The molecule has 2 aromatic heterocycles. The van der Waals surface area contributed by atoms with Crippen molar-refractivity contribution >= 4 is 39.7 Å². The second kappa shape index (κ2) is 4.82. The molecule has 0 spiro atoms. The molecule has 0 atom stereocenters. The van der Waals surface area contributed by atoms with Crippen molar-refractivity contribution in [2.24, 2.45) is 5.73 Å². The smallest absolute Gasteiger partial charge is 0.263 e. The van der Waals surface area contributed by atoms with Crippen LogP contribution in [-0.4, -0.2) is 15.5 Å². The number of carbonyl (C=O) groups excluding carboxylic acids is 1. The Morgan fingerprint density at radius 2 is 2.05 bits per heavy atom. The minimum Gasteiger partial charge on any atom is -0.370 e. The molecule has 1 amide bonds. The number of hydrogen-bond donors (Lipinski definition) is 2. The van der Waals surface area contributed by atoms with E-state index in [1.54, 1.807) is 13.8 Å². The standard InChI is InChI=1S/C13H17N3O2S2/c1-6-7(2)20-10-9(6)11(18)16(12(19)15-10)13(3,4)5-8(14)17/h5H2,1-4H3,(H2,14,17)(H,15,19). The van der Waals surface area contributed by atoms with Crippen molar-refractivity contribution in [1.82, 2.24) is 9.55 Å². The van der Waals surface area contributed by atoms with Crippen LogP contribution in [0.1, 0.15) is 30.7 Å². The molecule has 108 valence electrons. The number of nitrogens with two attached hydrogens (primary N) is 1. The highest BCUT2D eigenvalue weighted by molar-refractivity contribution is 7.71. The number of fused-ring (bicyclic) bond motifs is 1. The first-order chi connectivity index (χ1) is 9.15. The summed E-state index contributed by atoms with van der Waals surface area (Å²) in [6.45, 7) is 7.44. The summed E-state index contributed by atoms with van der Waals surface area (Å²) in [5.41, 5.74) is 5.29. The van der Waals surface area contributed by atoms with E-state index in [9.17, 15) is 9.59 Å². The fraction of sp³-hybridized carbons (Fsp3) is 0.462. The Kier molecular flexibility index (Phi) is 3.60. The first-order valence-electron chi connectivity index (χ1n) is 6.19. The molecule has 0 aliphatic heterocycles. The molecule has 0 unspecified atom stereocenters. The van der Waals surface area contributed by atoms with Crippen molar-refractivity contribution in [2.45, 2.75) is 39.7 Å². The normalized spacial score (nSPS) is 12.0. The van der Waals surface area contributed by atoms with Gasteiger partial charge in [0.1, 0.15) is 4.83 Å². The summed E-state index contributed by atoms with van der Waals surface area (Å²) in [5, 5.41) is 0.638. The summed E-state index contributed by atoms with van der Waals surface area (Å²) in [7, 11) is 0. The number of aryl methyl sites for hydroxylation is 2. The number of primary amides is 1. The van der Waals surface area contributed by atoms with Gasteiger partial charge in [0.15, 0.2) is 4.77 Å². The van der Waals surface area contributed by atoms with Gasteiger partial charge in [0.2, 0.25) is 5.91 Å². The van der Waals surface area contributed by atoms with Crippen LogP contribution in [0, 0.1) is 18.6 Å². The minimum absolute atomic E-state index is 0.0536. The molecule has 2 rings (SSSR count). The fourth-order valence-corrected chi connectivity index (χ4v) is 3.93. The van der Waals surface area contributed by atoms with Gasteiger partial charge < -0.3 is 10.7 Å². The Bertz CT molecular complexity index is 811. The van der Waals surface area contributed by atoms with Gasteiger partial charge in [0.25, 0.3) is 5.56 Å². The molecule has 0 bridgehead atoms. The Labute approximate surface area is 125 Å². The summed E-state index contributed by atoms with van der Waals surface area (Å²) >= 11 is 6.80. The third-order valence-electron chi connectivity index (χ3n) is 3.44. The number of H-pyrrole nitrogens is 1. The summed E-state index contributed by atoms with van der Waals surface area (Å²) in [6.07, 6.45) is 0.0536. The van der Waals surface area contributed by atoms with Gasteiger partial charge in [-0.05, 0) is 45.5 Å². The second-order valence-electron chi connectivity index (χ2n) is 5.51. The molecule has 20 heavy (non-hydrogen) atoms. The number of thiophene rings is 1. The fourth-order valence-electron chi connectivity index (χ4n) is 2.38. The molecule has 0 aliphatic rings. The molecule has 3 N–H and O–H groups in total. The summed E-state index contributed by atoms with van der Waals surface area (Å²) in [6, 6.07) is 0. The average Bonchev–Trinajstić information content (AvgIpc) is 2.51. The van der Waals surface area contributed by atoms with Crippen LogP contribution in [-0.2, 0) is 10.3 Å². The van der Waals surface area contributed by atoms with Crippen LogP contribution in [0.5, 0.6) is 0 Å². The molecule has 0 aliphatic carbocycles. The van der Waals surface area contributed by atoms with Crippen LogP contribution >= 0.6 is 23.6 Å². The SMILES string of the molecule is Cc1sc2[nH]c(=S)n(C(C)(C)CC(N)=O)c(=O)c2c1C. The number of aromatic nitrogens is 2. The van der Waals surface area contributed by atoms with E-state index >= 15 is 0 Å². The maximum absolute atomic E-state index is 12.7. The molecule has 0 saturated heterocycles. The molecule has 2 heterocycles. The number of amides is 1. The highest BCUT2D eigenvalue weighted by Crippen LogP contribution is 2.27. The highest BCUT2D eigenvalue weighted by Gasteiger charge is 2.27. The predicted octanol–water partition coefficient (Wildman–Crippen LogP) is 2.35. The van der Waals surface area contributed by atoms with E-state index in [0.717, 1.165) is 15.3 Å². The maximum atomic E-state index is 12.7. The Balaban J connectivity index is 2.84. The van der Waals surface area contributed by atoms with E-state index in [2.05, 4.69) is 4.98 Å². The third kappa shape index (κ3) is 2.31. The summed E-state index contributed by atoms with van der Waals surface area (Å²) in [4.78, 5) is 28.9. The van der Waals surface area contributed by atoms with Gasteiger partial charge in [-0.3, -0.25) is 14.2 Å². The number of nitrogens with zero attached hydrogens (tertiary/aromatic N) is 1. The summed E-state index contributed by atoms with van der Waals surface area (Å²) in [5.74, 6) is -0.463. The van der Waals surface area contributed by atoms with Crippen molar-refractivity contribution in [3.63, 3.8) is 0 Å². The molecule has 7 heteroatoms. The molecule has 5 nitrogen and oxygen atoms in total. The molecular formula is C13H17N3O2S2. The topological polar surface area (TPSA) is 80.9 Å². The second-order valence-corrected chi connectivity index (χ2v) is 7.13. The largest absolute Gasteiger partial charge is 0.370 e. The molecule has 0 fully saturated rings. The van der Waals surface area contributed by atoms with Crippen molar-refractivity contribution in [2.75, 3.05) is 0 Å². The minimum atomic E-state index is -0.757. The molecule has 0 radical (unpaired) electrons. The van der Waals surface area contributed by atoms with Gasteiger partial charge >= 0.3 is 0 Å². The molecule has 2 aromatic rings. The van der Waals surface area contributed by atoms with Gasteiger partial charge in [-0.2, -0.15) is 0 Å². The summed E-state index contributed by atoms with van der Waals surface area (Å²) < 4.78 is 1.77. The Morgan fingerprint density at radius 1 is 1.45 bits per heavy atom. The molecule has 0 aromatic carbocycles. The number of nitrogens with one attached hydrogen (secondary N) is 1. The third-order valence-corrected chi connectivity index (χ3v) is 4.85. The highest BCUT2D eigenvalue weighted by atomic mass is 32.1. The van der Waals surface area contributed by atoms with Gasteiger partial charge in [0, 0.05) is 11.3 Å². The first-order valence-corrected chi connectivity index (χ1v) is 7.41. The van der Waals surface area contributed by atoms with Crippen molar-refractivity contribution in [1.29, 1.82) is 0 Å². The lowest BCUT2D eigenvalue weighted by molar-refractivity contribution is -0.119. The lowest BCUT2D eigenvalue weighted by Gasteiger charge is -2.26. The van der Waals surface area contributed by atoms with E-state index in [1.807, 2.05) is 13.8 Å². The maximum Gasteiger partial charge on any atom is 0.263 e. The number of aromatic amines is 1. The Morgan fingerprint density at radius 3 is 2.60 bits per heavy atom. The van der Waals surface area contributed by atoms with Crippen molar-refractivity contribution in [3.8, 4) is 0 Å². The molecule has 0 saturated carbocycles. The zero-order valence-corrected chi connectivity index (χ0v) is 13.5. The van der Waals surface area contributed by atoms with E-state index < -0.39 is 11.4 Å². The average molecular weight is 311 g/mol. The quantitative estimate of drug-likeness (QED) is 0.854. The van der Waals surface area contributed by atoms with Crippen LogP contribution in [0.3, 0.4) is 0 Å². The van der Waals surface area contributed by atoms with E-state index in [4.69, 9.17) is 18.0 Å². The van der Waals surface area contributed by atoms with E-state index in [-0.39, 0.29) is 12.0 Å². The zero-order chi connectivity index (χ0) is 15.2. The monoisotopic (exact) mass is 311 g/mol. The van der Waals surface area contributed by atoms with Gasteiger partial charge in [-0.25, -0.2) is 0 Å². The van der Waals surface area contributed by atoms with Crippen LogP contribution in [0.4, 0.5) is 0 Å². The number of carbonyl (C=O) groups is 1. The van der Waals surface area contributed by atoms with Gasteiger partial charge in [-0.1, -0.05) is 0 Å². The van der Waals surface area contributed by atoms with Crippen LogP contribution in [0.25, 0.3) is 10.2 Å². The predicted molar refractivity (Wildman–Crippen MR) is 83.9 cm³/mol. The van der Waals surface area contributed by atoms with Gasteiger partial charge in [0.05, 0.1) is 10.9 Å². The number of rotatable bonds is 3. The first kappa shape index (κ1) is 14.9. The lowest BCUT2D eigenvalue weighted by atomic mass is 10.00. The van der Waals surface area contributed by atoms with Gasteiger partial charge in [-0.15, -0.1) is 11.3 Å². The van der Waals surface area contributed by atoms with Crippen molar-refractivity contribution < 1.29 is 4.79 Å². The van der Waals surface area contributed by atoms with E-state index in [1.165, 1.54) is 15.9 Å². The molecular weight excluding hydrogens is 294 g/mol. The van der Waals surface area contributed by atoms with Crippen LogP contribution < -0.4 is 11.3 Å². The van der Waals surface area contributed by atoms with Crippen LogP contribution in [0.15, 0.2) is 4.79 Å². The van der Waals surface area contributed by atoms with E-state index in [0.29, 0.717) is 10.2 Å². The van der Waals surface area contributed by atoms with Crippen molar-refractivity contribution in [3.05, 3.63) is 25.6 Å². The zero-order valence-electron chi connectivity index (χ0n) is 11.9. The number of hydrogen-bond acceptors (Lipinski definition) is 4. The lowest BCUT2D eigenvalue weighted by Crippen LogP contribution is -2.40. The Hall–Kier alpha value is -1.47. The van der Waals surface area contributed by atoms with Crippen LogP contribution in [0.2, 0.25) is 0 Å².